The second kappa shape index (κ2) is 5.90. The minimum Gasteiger partial charge on any atom is -0.0761 e. The van der Waals surface area contributed by atoms with Crippen LogP contribution < -0.4 is 0 Å². The third kappa shape index (κ3) is 2.33. The Kier molecular flexibility index (Phi) is 3.98. The van der Waals surface area contributed by atoms with Gasteiger partial charge in [-0.05, 0) is 52.9 Å². The van der Waals surface area contributed by atoms with Gasteiger partial charge in [0.1, 0.15) is 0 Å². The van der Waals surface area contributed by atoms with E-state index in [9.17, 15) is 0 Å². The van der Waals surface area contributed by atoms with Crippen molar-refractivity contribution >= 4 is 0 Å². The Bertz CT molecular complexity index is 680. The van der Waals surface area contributed by atoms with Gasteiger partial charge < -0.3 is 0 Å². The van der Waals surface area contributed by atoms with Crippen LogP contribution in [0.25, 0.3) is 0 Å². The van der Waals surface area contributed by atoms with E-state index in [1.54, 1.807) is 16.7 Å². The summed E-state index contributed by atoms with van der Waals surface area (Å²) in [5.74, 6) is 2.56. The number of hydrogen-bond acceptors (Lipinski definition) is 0. The first-order valence-corrected chi connectivity index (χ1v) is 10.1. The molecule has 0 radical (unpaired) electrons. The lowest BCUT2D eigenvalue weighted by atomic mass is 9.62. The van der Waals surface area contributed by atoms with Crippen molar-refractivity contribution in [1.82, 2.24) is 0 Å². The Balaban J connectivity index is 1.86. The first-order chi connectivity index (χ1) is 11.5. The predicted molar refractivity (Wildman–Crippen MR) is 104 cm³/mol. The molecule has 2 unspecified atom stereocenters. The van der Waals surface area contributed by atoms with Crippen LogP contribution in [0.15, 0.2) is 42.0 Å². The quantitative estimate of drug-likeness (QED) is 0.557. The van der Waals surface area contributed by atoms with Gasteiger partial charge in [-0.1, -0.05) is 83.4 Å². The summed E-state index contributed by atoms with van der Waals surface area (Å²) in [4.78, 5) is 0. The Morgan fingerprint density at radius 2 is 1.71 bits per heavy atom. The highest BCUT2D eigenvalue weighted by molar-refractivity contribution is 5.53. The van der Waals surface area contributed by atoms with Crippen LogP contribution >= 0.6 is 0 Å². The maximum atomic E-state index is 2.66. The fourth-order valence-electron chi connectivity index (χ4n) is 5.51. The van der Waals surface area contributed by atoms with Gasteiger partial charge in [-0.25, -0.2) is 0 Å². The summed E-state index contributed by atoms with van der Waals surface area (Å²) in [6.45, 7) is 9.33. The second-order valence-corrected chi connectivity index (χ2v) is 8.95. The van der Waals surface area contributed by atoms with E-state index in [4.69, 9.17) is 0 Å². The summed E-state index contributed by atoms with van der Waals surface area (Å²) < 4.78 is 0. The molecule has 0 saturated heterocycles. The molecule has 0 aliphatic heterocycles. The molecule has 0 heterocycles. The molecule has 0 amide bonds. The summed E-state index contributed by atoms with van der Waals surface area (Å²) in [5.41, 5.74) is 6.82. The highest BCUT2D eigenvalue weighted by Gasteiger charge is 2.51. The van der Waals surface area contributed by atoms with Crippen molar-refractivity contribution in [2.75, 3.05) is 0 Å². The third-order valence-corrected chi connectivity index (χ3v) is 6.94. The molecular formula is C24H32. The molecule has 1 saturated carbocycles. The van der Waals surface area contributed by atoms with Crippen molar-refractivity contribution in [2.45, 2.75) is 77.0 Å². The van der Waals surface area contributed by atoms with E-state index in [0.29, 0.717) is 29.1 Å². The van der Waals surface area contributed by atoms with Crippen LogP contribution in [0.1, 0.15) is 88.3 Å². The topological polar surface area (TPSA) is 0 Å². The highest BCUT2D eigenvalue weighted by atomic mass is 14.5. The first-order valence-electron chi connectivity index (χ1n) is 10.1. The molecule has 0 bridgehead atoms. The Morgan fingerprint density at radius 1 is 0.958 bits per heavy atom. The van der Waals surface area contributed by atoms with Gasteiger partial charge in [-0.15, -0.1) is 0 Å². The third-order valence-electron chi connectivity index (χ3n) is 6.94. The molecule has 0 heteroatoms. The van der Waals surface area contributed by atoms with E-state index in [1.807, 2.05) is 0 Å². The summed E-state index contributed by atoms with van der Waals surface area (Å²) in [6, 6.07) is 7.43. The van der Waals surface area contributed by atoms with Crippen molar-refractivity contribution in [1.29, 1.82) is 0 Å². The smallest absolute Gasteiger partial charge is 0.00957 e. The van der Waals surface area contributed by atoms with E-state index in [2.05, 4.69) is 64.1 Å². The number of allylic oxidation sites excluding steroid dienone is 4. The lowest BCUT2D eigenvalue weighted by Gasteiger charge is -2.41. The van der Waals surface area contributed by atoms with Crippen LogP contribution in [0.5, 0.6) is 0 Å². The normalized spacial score (nSPS) is 27.5. The van der Waals surface area contributed by atoms with Gasteiger partial charge in [0.15, 0.2) is 0 Å². The van der Waals surface area contributed by atoms with Gasteiger partial charge in [-0.2, -0.15) is 0 Å². The average molecular weight is 321 g/mol. The molecule has 1 aromatic rings. The van der Waals surface area contributed by atoms with Crippen molar-refractivity contribution in [3.05, 3.63) is 58.7 Å². The van der Waals surface area contributed by atoms with Crippen LogP contribution in [0.4, 0.5) is 0 Å². The molecule has 2 atom stereocenters. The van der Waals surface area contributed by atoms with Crippen molar-refractivity contribution in [3.8, 4) is 0 Å². The molecule has 1 fully saturated rings. The van der Waals surface area contributed by atoms with Crippen molar-refractivity contribution in [2.24, 2.45) is 11.8 Å². The molecule has 3 aliphatic rings. The molecule has 4 rings (SSSR count). The number of hydrogen-bond donors (Lipinski definition) is 0. The molecule has 1 spiro atoms. The maximum absolute atomic E-state index is 2.66. The fourth-order valence-corrected chi connectivity index (χ4v) is 5.51. The first kappa shape index (κ1) is 16.2. The van der Waals surface area contributed by atoms with Gasteiger partial charge in [0.05, 0.1) is 0 Å². The molecule has 24 heavy (non-hydrogen) atoms. The van der Waals surface area contributed by atoms with Gasteiger partial charge >= 0.3 is 0 Å². The van der Waals surface area contributed by atoms with Gasteiger partial charge in [0.25, 0.3) is 0 Å². The Hall–Kier alpha value is -1.30. The number of benzene rings is 1. The lowest BCUT2D eigenvalue weighted by Crippen LogP contribution is -2.35. The minimum absolute atomic E-state index is 0.411. The molecule has 0 nitrogen and oxygen atoms in total. The van der Waals surface area contributed by atoms with Crippen LogP contribution in [0, 0.1) is 11.8 Å². The minimum atomic E-state index is 0.411. The van der Waals surface area contributed by atoms with E-state index in [-0.39, 0.29) is 0 Å². The van der Waals surface area contributed by atoms with Gasteiger partial charge in [0, 0.05) is 11.3 Å². The zero-order chi connectivity index (χ0) is 16.9. The molecule has 0 aromatic heterocycles. The van der Waals surface area contributed by atoms with E-state index < -0.39 is 0 Å². The zero-order valence-corrected chi connectivity index (χ0v) is 15.8. The summed E-state index contributed by atoms with van der Waals surface area (Å²) in [6.07, 6.45) is 14.6. The number of fused-ring (bicyclic) bond motifs is 5. The van der Waals surface area contributed by atoms with Crippen LogP contribution in [0.3, 0.4) is 0 Å². The van der Waals surface area contributed by atoms with Gasteiger partial charge in [-0.3, -0.25) is 0 Å². The SMILES string of the molecule is CC(C)C1=CC2C(C=C1)c1ccc(C(C)C)cc1C21CCCCC1. The zero-order valence-electron chi connectivity index (χ0n) is 15.8. The van der Waals surface area contributed by atoms with E-state index in [1.165, 1.54) is 37.7 Å². The molecule has 1 aromatic carbocycles. The maximum Gasteiger partial charge on any atom is 0.00957 e. The average Bonchev–Trinajstić information content (AvgIpc) is 2.85. The van der Waals surface area contributed by atoms with E-state index >= 15 is 0 Å². The monoisotopic (exact) mass is 320 g/mol. The lowest BCUT2D eigenvalue weighted by molar-refractivity contribution is 0.232. The Morgan fingerprint density at radius 3 is 2.38 bits per heavy atom. The summed E-state index contributed by atoms with van der Waals surface area (Å²) in [5, 5.41) is 0. The van der Waals surface area contributed by atoms with Crippen molar-refractivity contribution < 1.29 is 0 Å². The van der Waals surface area contributed by atoms with Gasteiger partial charge in [0.2, 0.25) is 0 Å². The Labute approximate surface area is 148 Å². The largest absolute Gasteiger partial charge is 0.0761 e. The van der Waals surface area contributed by atoms with Crippen LogP contribution in [-0.2, 0) is 5.41 Å². The van der Waals surface area contributed by atoms with Crippen molar-refractivity contribution in [3.63, 3.8) is 0 Å². The molecule has 0 N–H and O–H groups in total. The van der Waals surface area contributed by atoms with Crippen LogP contribution in [-0.4, -0.2) is 0 Å². The van der Waals surface area contributed by atoms with E-state index in [0.717, 1.165) is 0 Å². The highest BCUT2D eigenvalue weighted by Crippen LogP contribution is 2.60. The molecule has 3 aliphatic carbocycles. The molecular weight excluding hydrogens is 288 g/mol. The van der Waals surface area contributed by atoms with Crippen LogP contribution in [0.2, 0.25) is 0 Å². The molecule has 128 valence electrons. The second-order valence-electron chi connectivity index (χ2n) is 8.95. The summed E-state index contributed by atoms with van der Waals surface area (Å²) >= 11 is 0. The standard InChI is InChI=1S/C24H32/c1-16(2)18-8-10-20-21-11-9-19(17(3)4)15-23(21)24(22(20)14-18)12-6-5-7-13-24/h8-11,14-17,20,22H,5-7,12-13H2,1-4H3. The fraction of sp³-hybridized carbons (Fsp3) is 0.583. The summed E-state index contributed by atoms with van der Waals surface area (Å²) in [7, 11) is 0. The number of rotatable bonds is 2. The predicted octanol–water partition coefficient (Wildman–Crippen LogP) is 6.88.